The first-order valence-corrected chi connectivity index (χ1v) is 7.24. The van der Waals surface area contributed by atoms with E-state index in [4.69, 9.17) is 5.11 Å². The Morgan fingerprint density at radius 1 is 1.38 bits per heavy atom. The van der Waals surface area contributed by atoms with Crippen molar-refractivity contribution in [2.75, 3.05) is 5.32 Å². The highest BCUT2D eigenvalue weighted by Gasteiger charge is 2.20. The van der Waals surface area contributed by atoms with E-state index in [0.717, 1.165) is 12.8 Å². The van der Waals surface area contributed by atoms with Crippen LogP contribution in [0.15, 0.2) is 18.2 Å². The van der Waals surface area contributed by atoms with Crippen LogP contribution < -0.4 is 5.32 Å². The quantitative estimate of drug-likeness (QED) is 0.407. The summed E-state index contributed by atoms with van der Waals surface area (Å²) in [7, 11) is 0. The molecule has 0 spiro atoms. The molecule has 0 aliphatic rings. The molecule has 0 radical (unpaired) electrons. The van der Waals surface area contributed by atoms with Crippen LogP contribution in [0.3, 0.4) is 0 Å². The predicted molar refractivity (Wildman–Crippen MR) is 81.9 cm³/mol. The van der Waals surface area contributed by atoms with E-state index >= 15 is 0 Å². The molecule has 1 aromatic rings. The molecule has 0 aliphatic heterocycles. The van der Waals surface area contributed by atoms with Crippen LogP contribution in [-0.2, 0) is 0 Å². The summed E-state index contributed by atoms with van der Waals surface area (Å²) in [6.07, 6.45) is 5.67. The van der Waals surface area contributed by atoms with E-state index in [1.165, 1.54) is 31.4 Å². The lowest BCUT2D eigenvalue weighted by atomic mass is 10.1. The van der Waals surface area contributed by atoms with E-state index in [1.54, 1.807) is 6.07 Å². The molecule has 1 rings (SSSR count). The summed E-state index contributed by atoms with van der Waals surface area (Å²) in [5.41, 5.74) is -0.0958. The van der Waals surface area contributed by atoms with Gasteiger partial charge in [-0.1, -0.05) is 32.6 Å². The van der Waals surface area contributed by atoms with Gasteiger partial charge in [-0.3, -0.25) is 10.1 Å². The number of carbonyl (C=O) groups is 1. The van der Waals surface area contributed by atoms with Gasteiger partial charge in [-0.05, 0) is 25.5 Å². The first-order valence-electron chi connectivity index (χ1n) is 7.24. The molecule has 1 atom stereocenters. The number of unbranched alkanes of at least 4 members (excludes halogenated alkanes) is 3. The van der Waals surface area contributed by atoms with E-state index in [0.29, 0.717) is 5.69 Å². The highest BCUT2D eigenvalue weighted by molar-refractivity contribution is 5.93. The summed E-state index contributed by atoms with van der Waals surface area (Å²) in [6.45, 7) is 4.17. The summed E-state index contributed by atoms with van der Waals surface area (Å²) >= 11 is 0. The maximum absolute atomic E-state index is 10.9. The molecular formula is C15H22N2O4. The third-order valence-electron chi connectivity index (χ3n) is 3.33. The minimum Gasteiger partial charge on any atom is -0.477 e. The minimum atomic E-state index is -1.29. The van der Waals surface area contributed by atoms with Gasteiger partial charge in [0, 0.05) is 17.8 Å². The molecule has 0 aromatic heterocycles. The standard InChI is InChI=1S/C15H22N2O4/c1-3-4-5-6-7-11(2)16-12-8-9-13(15(18)19)14(10-12)17(20)21/h8-11,16H,3-7H2,1-2H3,(H,18,19). The van der Waals surface area contributed by atoms with Crippen LogP contribution in [0.2, 0.25) is 0 Å². The van der Waals surface area contributed by atoms with Crippen LogP contribution in [-0.4, -0.2) is 22.0 Å². The summed E-state index contributed by atoms with van der Waals surface area (Å²) in [5, 5.41) is 23.0. The first-order chi connectivity index (χ1) is 9.95. The normalized spacial score (nSPS) is 11.9. The van der Waals surface area contributed by atoms with Gasteiger partial charge in [0.1, 0.15) is 5.56 Å². The largest absolute Gasteiger partial charge is 0.477 e. The molecule has 1 aromatic carbocycles. The maximum Gasteiger partial charge on any atom is 0.342 e. The number of nitro benzene ring substituents is 1. The smallest absolute Gasteiger partial charge is 0.342 e. The van der Waals surface area contributed by atoms with E-state index in [9.17, 15) is 14.9 Å². The summed E-state index contributed by atoms with van der Waals surface area (Å²) in [6, 6.07) is 4.31. The minimum absolute atomic E-state index is 0.192. The van der Waals surface area contributed by atoms with Crippen LogP contribution in [0.4, 0.5) is 11.4 Å². The number of aromatic carboxylic acids is 1. The zero-order valence-electron chi connectivity index (χ0n) is 12.5. The number of hydrogen-bond acceptors (Lipinski definition) is 4. The Hall–Kier alpha value is -2.11. The Labute approximate surface area is 124 Å². The van der Waals surface area contributed by atoms with Crippen LogP contribution in [0.1, 0.15) is 56.3 Å². The number of nitro groups is 1. The molecular weight excluding hydrogens is 272 g/mol. The molecule has 6 nitrogen and oxygen atoms in total. The van der Waals surface area contributed by atoms with Crippen molar-refractivity contribution in [3.8, 4) is 0 Å². The third kappa shape index (κ3) is 5.41. The molecule has 21 heavy (non-hydrogen) atoms. The van der Waals surface area contributed by atoms with Crippen LogP contribution in [0.25, 0.3) is 0 Å². The summed E-state index contributed by atoms with van der Waals surface area (Å²) in [5.74, 6) is -1.29. The van der Waals surface area contributed by atoms with Gasteiger partial charge in [0.2, 0.25) is 0 Å². The maximum atomic E-state index is 10.9. The second-order valence-corrected chi connectivity index (χ2v) is 5.19. The van der Waals surface area contributed by atoms with Crippen molar-refractivity contribution in [1.82, 2.24) is 0 Å². The molecule has 0 fully saturated rings. The lowest BCUT2D eigenvalue weighted by molar-refractivity contribution is -0.385. The summed E-state index contributed by atoms with van der Waals surface area (Å²) < 4.78 is 0. The monoisotopic (exact) mass is 294 g/mol. The van der Waals surface area contributed by atoms with Crippen LogP contribution >= 0.6 is 0 Å². The molecule has 6 heteroatoms. The molecule has 0 saturated carbocycles. The van der Waals surface area contributed by atoms with E-state index < -0.39 is 10.9 Å². The van der Waals surface area contributed by atoms with Gasteiger partial charge in [0.25, 0.3) is 5.69 Å². The molecule has 0 heterocycles. The third-order valence-corrected chi connectivity index (χ3v) is 3.33. The van der Waals surface area contributed by atoms with Gasteiger partial charge in [0.05, 0.1) is 4.92 Å². The molecule has 0 saturated heterocycles. The number of nitrogens with zero attached hydrogens (tertiary/aromatic N) is 1. The van der Waals surface area contributed by atoms with Crippen LogP contribution in [0.5, 0.6) is 0 Å². The first kappa shape index (κ1) is 16.9. The lowest BCUT2D eigenvalue weighted by Crippen LogP contribution is -2.15. The van der Waals surface area contributed by atoms with E-state index in [2.05, 4.69) is 12.2 Å². The number of rotatable bonds is 9. The van der Waals surface area contributed by atoms with E-state index in [1.807, 2.05) is 6.92 Å². The zero-order valence-corrected chi connectivity index (χ0v) is 12.5. The van der Waals surface area contributed by atoms with Gasteiger partial charge < -0.3 is 10.4 Å². The Kier molecular flexibility index (Phi) is 6.65. The van der Waals surface area contributed by atoms with Gasteiger partial charge in [-0.15, -0.1) is 0 Å². The fourth-order valence-corrected chi connectivity index (χ4v) is 2.19. The molecule has 0 aliphatic carbocycles. The van der Waals surface area contributed by atoms with Crippen molar-refractivity contribution in [1.29, 1.82) is 0 Å². The Balaban J connectivity index is 2.69. The van der Waals surface area contributed by atoms with Crippen molar-refractivity contribution < 1.29 is 14.8 Å². The Bertz CT molecular complexity index is 502. The predicted octanol–water partition coefficient (Wildman–Crippen LogP) is 4.06. The average Bonchev–Trinajstić information content (AvgIpc) is 2.43. The van der Waals surface area contributed by atoms with E-state index in [-0.39, 0.29) is 17.3 Å². The van der Waals surface area contributed by atoms with Crippen molar-refractivity contribution >= 4 is 17.3 Å². The van der Waals surface area contributed by atoms with Crippen molar-refractivity contribution in [3.63, 3.8) is 0 Å². The fraction of sp³-hybridized carbons (Fsp3) is 0.533. The molecule has 0 amide bonds. The molecule has 0 bridgehead atoms. The van der Waals surface area contributed by atoms with Gasteiger partial charge in [0.15, 0.2) is 0 Å². The molecule has 116 valence electrons. The lowest BCUT2D eigenvalue weighted by Gasteiger charge is -2.15. The second kappa shape index (κ2) is 8.24. The van der Waals surface area contributed by atoms with Crippen molar-refractivity contribution in [2.45, 2.75) is 52.0 Å². The summed E-state index contributed by atoms with van der Waals surface area (Å²) in [4.78, 5) is 21.2. The number of anilines is 1. The van der Waals surface area contributed by atoms with Crippen molar-refractivity contribution in [3.05, 3.63) is 33.9 Å². The Morgan fingerprint density at radius 2 is 2.10 bits per heavy atom. The average molecular weight is 294 g/mol. The number of carboxylic acid groups (broad SMARTS) is 1. The highest BCUT2D eigenvalue weighted by Crippen LogP contribution is 2.24. The number of nitrogens with one attached hydrogen (secondary N) is 1. The SMILES string of the molecule is CCCCCCC(C)Nc1ccc(C(=O)O)c([N+](=O)[O-])c1. The van der Waals surface area contributed by atoms with Gasteiger partial charge in [-0.2, -0.15) is 0 Å². The number of benzene rings is 1. The molecule has 2 N–H and O–H groups in total. The Morgan fingerprint density at radius 3 is 2.67 bits per heavy atom. The fourth-order valence-electron chi connectivity index (χ4n) is 2.19. The van der Waals surface area contributed by atoms with Crippen molar-refractivity contribution in [2.24, 2.45) is 0 Å². The topological polar surface area (TPSA) is 92.5 Å². The highest BCUT2D eigenvalue weighted by atomic mass is 16.6. The van der Waals surface area contributed by atoms with Crippen LogP contribution in [0, 0.1) is 10.1 Å². The second-order valence-electron chi connectivity index (χ2n) is 5.19. The van der Waals surface area contributed by atoms with Gasteiger partial charge >= 0.3 is 5.97 Å². The van der Waals surface area contributed by atoms with Gasteiger partial charge in [-0.25, -0.2) is 4.79 Å². The number of carboxylic acids is 1. The zero-order chi connectivity index (χ0) is 15.8. The molecule has 1 unspecified atom stereocenters. The number of hydrogen-bond donors (Lipinski definition) is 2.